The molecule has 0 spiro atoms. The molecule has 3 N–H and O–H groups in total. The van der Waals surface area contributed by atoms with Gasteiger partial charge in [-0.1, -0.05) is 23.7 Å². The molecule has 1 aromatic carbocycles. The van der Waals surface area contributed by atoms with E-state index in [1.165, 1.54) is 5.56 Å². The predicted molar refractivity (Wildman–Crippen MR) is 65.3 cm³/mol. The van der Waals surface area contributed by atoms with Gasteiger partial charge in [-0.3, -0.25) is 0 Å². The van der Waals surface area contributed by atoms with E-state index in [1.54, 1.807) is 0 Å². The first-order chi connectivity index (χ1) is 7.33. The predicted octanol–water partition coefficient (Wildman–Crippen LogP) is 3.10. The Bertz CT molecular complexity index is 448. The van der Waals surface area contributed by atoms with Crippen LogP contribution in [-0.2, 0) is 6.42 Å². The lowest BCUT2D eigenvalue weighted by molar-refractivity contribution is 0.747. The van der Waals surface area contributed by atoms with E-state index in [-0.39, 0.29) is 0 Å². The lowest BCUT2D eigenvalue weighted by Crippen LogP contribution is -1.99. The molecule has 0 amide bonds. The molecule has 2 rings (SSSR count). The molecule has 0 unspecified atom stereocenters. The molecule has 0 aliphatic rings. The number of aromatic amines is 1. The van der Waals surface area contributed by atoms with Gasteiger partial charge in [-0.05, 0) is 37.4 Å². The van der Waals surface area contributed by atoms with Gasteiger partial charge in [0.05, 0.1) is 5.02 Å². The SMILES string of the molecule is NCCCCc1cccc2[nH]cc(Cl)c12. The van der Waals surface area contributed by atoms with Gasteiger partial charge in [0.15, 0.2) is 0 Å². The molecular formula is C12H15ClN2. The highest BCUT2D eigenvalue weighted by atomic mass is 35.5. The average molecular weight is 223 g/mol. The first-order valence-electron chi connectivity index (χ1n) is 5.27. The maximum atomic E-state index is 6.13. The van der Waals surface area contributed by atoms with Crippen molar-refractivity contribution in [2.75, 3.05) is 6.54 Å². The summed E-state index contributed by atoms with van der Waals surface area (Å²) in [4.78, 5) is 3.16. The van der Waals surface area contributed by atoms with E-state index < -0.39 is 0 Å². The van der Waals surface area contributed by atoms with E-state index >= 15 is 0 Å². The zero-order valence-corrected chi connectivity index (χ0v) is 9.35. The number of rotatable bonds is 4. The molecule has 80 valence electrons. The van der Waals surface area contributed by atoms with Crippen molar-refractivity contribution in [2.24, 2.45) is 5.73 Å². The summed E-state index contributed by atoms with van der Waals surface area (Å²) in [6.07, 6.45) is 5.08. The number of hydrogen-bond donors (Lipinski definition) is 2. The smallest absolute Gasteiger partial charge is 0.0661 e. The Morgan fingerprint density at radius 3 is 2.93 bits per heavy atom. The van der Waals surface area contributed by atoms with Crippen molar-refractivity contribution in [1.29, 1.82) is 0 Å². The lowest BCUT2D eigenvalue weighted by atomic mass is 10.0. The highest BCUT2D eigenvalue weighted by molar-refractivity contribution is 6.35. The van der Waals surface area contributed by atoms with Crippen LogP contribution < -0.4 is 5.73 Å². The Morgan fingerprint density at radius 1 is 1.27 bits per heavy atom. The number of halogens is 1. The monoisotopic (exact) mass is 222 g/mol. The molecule has 0 atom stereocenters. The molecule has 0 aliphatic carbocycles. The standard InChI is InChI=1S/C12H15ClN2/c13-10-8-15-11-6-3-5-9(12(10)11)4-1-2-7-14/h3,5-6,8,15H,1-2,4,7,14H2. The topological polar surface area (TPSA) is 41.8 Å². The summed E-state index contributed by atoms with van der Waals surface area (Å²) in [7, 11) is 0. The van der Waals surface area contributed by atoms with Crippen LogP contribution in [0.15, 0.2) is 24.4 Å². The number of fused-ring (bicyclic) bond motifs is 1. The highest BCUT2D eigenvalue weighted by Crippen LogP contribution is 2.27. The van der Waals surface area contributed by atoms with Gasteiger partial charge in [-0.25, -0.2) is 0 Å². The van der Waals surface area contributed by atoms with E-state index in [9.17, 15) is 0 Å². The van der Waals surface area contributed by atoms with Crippen molar-refractivity contribution < 1.29 is 0 Å². The molecule has 0 saturated carbocycles. The number of hydrogen-bond acceptors (Lipinski definition) is 1. The van der Waals surface area contributed by atoms with Gasteiger partial charge in [-0.15, -0.1) is 0 Å². The van der Waals surface area contributed by atoms with Crippen molar-refractivity contribution >= 4 is 22.5 Å². The van der Waals surface area contributed by atoms with Crippen LogP contribution in [0.5, 0.6) is 0 Å². The third-order valence-electron chi connectivity index (χ3n) is 2.64. The number of aryl methyl sites for hydroxylation is 1. The molecule has 2 aromatic rings. The number of H-pyrrole nitrogens is 1. The number of aromatic nitrogens is 1. The minimum atomic E-state index is 0.761. The van der Waals surface area contributed by atoms with Crippen LogP contribution in [0.4, 0.5) is 0 Å². The first kappa shape index (κ1) is 10.5. The number of nitrogens with two attached hydrogens (primary N) is 1. The summed E-state index contributed by atoms with van der Waals surface area (Å²) < 4.78 is 0. The molecule has 2 nitrogen and oxygen atoms in total. The summed E-state index contributed by atoms with van der Waals surface area (Å²) in [6, 6.07) is 6.25. The van der Waals surface area contributed by atoms with Gasteiger partial charge in [-0.2, -0.15) is 0 Å². The van der Waals surface area contributed by atoms with Crippen molar-refractivity contribution in [1.82, 2.24) is 4.98 Å². The fourth-order valence-electron chi connectivity index (χ4n) is 1.88. The van der Waals surface area contributed by atoms with E-state index in [1.807, 2.05) is 12.3 Å². The van der Waals surface area contributed by atoms with Crippen molar-refractivity contribution in [3.8, 4) is 0 Å². The number of benzene rings is 1. The summed E-state index contributed by atoms with van der Waals surface area (Å²) >= 11 is 6.13. The van der Waals surface area contributed by atoms with Crippen LogP contribution in [0.2, 0.25) is 5.02 Å². The van der Waals surface area contributed by atoms with E-state index in [0.717, 1.165) is 41.7 Å². The molecule has 0 fully saturated rings. The second kappa shape index (κ2) is 4.69. The van der Waals surface area contributed by atoms with Crippen LogP contribution in [0, 0.1) is 0 Å². The molecule has 0 radical (unpaired) electrons. The Labute approximate surface area is 94.4 Å². The Balaban J connectivity index is 2.29. The average Bonchev–Trinajstić information content (AvgIpc) is 2.62. The van der Waals surface area contributed by atoms with Crippen LogP contribution in [0.3, 0.4) is 0 Å². The molecule has 3 heteroatoms. The van der Waals surface area contributed by atoms with Gasteiger partial charge < -0.3 is 10.7 Å². The normalized spacial score (nSPS) is 11.1. The maximum Gasteiger partial charge on any atom is 0.0661 e. The van der Waals surface area contributed by atoms with Crippen molar-refractivity contribution in [3.63, 3.8) is 0 Å². The van der Waals surface area contributed by atoms with Gasteiger partial charge >= 0.3 is 0 Å². The van der Waals surface area contributed by atoms with Gasteiger partial charge in [0.25, 0.3) is 0 Å². The summed E-state index contributed by atoms with van der Waals surface area (Å²) in [5, 5.41) is 1.98. The minimum Gasteiger partial charge on any atom is -0.360 e. The molecule has 0 bridgehead atoms. The van der Waals surface area contributed by atoms with Crippen molar-refractivity contribution in [3.05, 3.63) is 35.0 Å². The molecule has 15 heavy (non-hydrogen) atoms. The maximum absolute atomic E-state index is 6.13. The second-order valence-corrected chi connectivity index (χ2v) is 4.13. The molecule has 0 aliphatic heterocycles. The molecule has 1 heterocycles. The van der Waals surface area contributed by atoms with E-state index in [0.29, 0.717) is 0 Å². The molecule has 0 saturated heterocycles. The molecule has 1 aromatic heterocycles. The van der Waals surface area contributed by atoms with Gasteiger partial charge in [0.2, 0.25) is 0 Å². The summed E-state index contributed by atoms with van der Waals surface area (Å²) in [5.41, 5.74) is 7.91. The fourth-order valence-corrected chi connectivity index (χ4v) is 2.16. The second-order valence-electron chi connectivity index (χ2n) is 3.72. The van der Waals surface area contributed by atoms with Gasteiger partial charge in [0.1, 0.15) is 0 Å². The third-order valence-corrected chi connectivity index (χ3v) is 2.94. The Kier molecular flexibility index (Phi) is 3.29. The van der Waals surface area contributed by atoms with E-state index in [4.69, 9.17) is 17.3 Å². The summed E-state index contributed by atoms with van der Waals surface area (Å²) in [5.74, 6) is 0. The highest BCUT2D eigenvalue weighted by Gasteiger charge is 2.05. The van der Waals surface area contributed by atoms with Crippen LogP contribution >= 0.6 is 11.6 Å². The summed E-state index contributed by atoms with van der Waals surface area (Å²) in [6.45, 7) is 0.761. The Hall–Kier alpha value is -0.990. The van der Waals surface area contributed by atoms with Crippen LogP contribution in [0.1, 0.15) is 18.4 Å². The quantitative estimate of drug-likeness (QED) is 0.767. The zero-order chi connectivity index (χ0) is 10.7. The minimum absolute atomic E-state index is 0.761. The largest absolute Gasteiger partial charge is 0.360 e. The number of nitrogens with one attached hydrogen (secondary N) is 1. The first-order valence-corrected chi connectivity index (χ1v) is 5.65. The molecular weight excluding hydrogens is 208 g/mol. The van der Waals surface area contributed by atoms with Crippen LogP contribution in [-0.4, -0.2) is 11.5 Å². The fraction of sp³-hybridized carbons (Fsp3) is 0.333. The lowest BCUT2D eigenvalue weighted by Gasteiger charge is -2.03. The van der Waals surface area contributed by atoms with Gasteiger partial charge in [0, 0.05) is 17.1 Å². The van der Waals surface area contributed by atoms with Crippen LogP contribution in [0.25, 0.3) is 10.9 Å². The van der Waals surface area contributed by atoms with E-state index in [2.05, 4.69) is 17.1 Å². The number of unbranched alkanes of at least 4 members (excludes halogenated alkanes) is 1. The third kappa shape index (κ3) is 2.16. The Morgan fingerprint density at radius 2 is 2.13 bits per heavy atom. The zero-order valence-electron chi connectivity index (χ0n) is 8.59. The van der Waals surface area contributed by atoms with Crippen molar-refractivity contribution in [2.45, 2.75) is 19.3 Å².